The lowest BCUT2D eigenvalue weighted by Crippen LogP contribution is -2.51. The van der Waals surface area contributed by atoms with Crippen LogP contribution in [0.25, 0.3) is 0 Å². The van der Waals surface area contributed by atoms with Gasteiger partial charge in [0, 0.05) is 45.5 Å². The Bertz CT molecular complexity index is 1110. The van der Waals surface area contributed by atoms with E-state index in [0.717, 1.165) is 11.3 Å². The second kappa shape index (κ2) is 9.44. The molecule has 1 aromatic heterocycles. The van der Waals surface area contributed by atoms with E-state index in [2.05, 4.69) is 10.6 Å². The number of urea groups is 2. The predicted octanol–water partition coefficient (Wildman–Crippen LogP) is 1.98. The number of amides is 4. The minimum absolute atomic E-state index is 0.0240. The molecule has 0 atom stereocenters. The Labute approximate surface area is 193 Å². The summed E-state index contributed by atoms with van der Waals surface area (Å²) in [7, 11) is -0.524. The van der Waals surface area contributed by atoms with Gasteiger partial charge in [-0.05, 0) is 55.2 Å². The topological polar surface area (TPSA) is 115 Å². The lowest BCUT2D eigenvalue weighted by molar-refractivity contribution is 0.175. The molecule has 11 heteroatoms. The van der Waals surface area contributed by atoms with Crippen LogP contribution in [0.5, 0.6) is 0 Å². The summed E-state index contributed by atoms with van der Waals surface area (Å²) in [5, 5.41) is 5.91. The Kier molecular flexibility index (Phi) is 6.61. The van der Waals surface area contributed by atoms with Crippen LogP contribution in [0.3, 0.4) is 0 Å². The van der Waals surface area contributed by atoms with E-state index in [9.17, 15) is 18.0 Å². The van der Waals surface area contributed by atoms with Gasteiger partial charge >= 0.3 is 12.1 Å². The van der Waals surface area contributed by atoms with E-state index in [1.807, 2.05) is 0 Å². The van der Waals surface area contributed by atoms with Gasteiger partial charge in [-0.1, -0.05) is 0 Å². The van der Waals surface area contributed by atoms with Crippen LogP contribution < -0.4 is 15.5 Å². The van der Waals surface area contributed by atoms with Crippen molar-refractivity contribution in [3.63, 3.8) is 0 Å². The third-order valence-corrected chi connectivity index (χ3v) is 7.89. The summed E-state index contributed by atoms with van der Waals surface area (Å²) in [6, 6.07) is 8.11. The van der Waals surface area contributed by atoms with Gasteiger partial charge < -0.3 is 20.0 Å². The number of anilines is 1. The second-order valence-corrected chi connectivity index (χ2v) is 10.6. The molecule has 3 heterocycles. The summed E-state index contributed by atoms with van der Waals surface area (Å²) in [4.78, 5) is 28.9. The molecule has 10 nitrogen and oxygen atoms in total. The number of piperidine rings is 1. The summed E-state index contributed by atoms with van der Waals surface area (Å²) in [5.41, 5.74) is 1.58. The first-order valence-corrected chi connectivity index (χ1v) is 12.4. The summed E-state index contributed by atoms with van der Waals surface area (Å²) in [6.07, 6.45) is 3.51. The van der Waals surface area contributed by atoms with E-state index in [0.29, 0.717) is 51.2 Å². The van der Waals surface area contributed by atoms with Crippen LogP contribution in [0.2, 0.25) is 0 Å². The normalized spacial score (nSPS) is 16.7. The molecule has 2 aliphatic rings. The molecule has 2 aromatic rings. The highest BCUT2D eigenvalue weighted by Gasteiger charge is 2.30. The predicted molar refractivity (Wildman–Crippen MR) is 122 cm³/mol. The fraction of sp³-hybridized carbons (Fsp3) is 0.455. The van der Waals surface area contributed by atoms with Crippen LogP contribution in [-0.2, 0) is 23.0 Å². The zero-order chi connectivity index (χ0) is 23.6. The average molecular weight is 476 g/mol. The number of likely N-dealkylation sites (tertiary alicyclic amines) is 1. The number of fused-ring (bicyclic) bond motifs is 1. The fourth-order valence-corrected chi connectivity index (χ4v) is 5.08. The van der Waals surface area contributed by atoms with Gasteiger partial charge in [-0.2, -0.15) is 0 Å². The number of carbonyl (C=O) groups is 2. The minimum Gasteiger partial charge on any atom is -0.467 e. The largest absolute Gasteiger partial charge is 0.467 e. The first-order valence-electron chi connectivity index (χ1n) is 10.9. The van der Waals surface area contributed by atoms with Crippen molar-refractivity contribution >= 4 is 27.8 Å². The zero-order valence-corrected chi connectivity index (χ0v) is 19.6. The standard InChI is InChI=1S/C22H29N5O5S/c1-25(2)33(30,31)19-5-6-20-16(14-19)7-12-27(20)22(29)24-17-8-10-26(11-9-17)21(28)23-15-18-4-3-13-32-18/h3-6,13-14,17H,7-12,15H2,1-2H3,(H,23,28)(H,24,29). The van der Waals surface area contributed by atoms with E-state index in [4.69, 9.17) is 4.42 Å². The molecule has 2 aliphatic heterocycles. The molecular formula is C22H29N5O5S. The molecule has 1 aromatic carbocycles. The Morgan fingerprint density at radius 3 is 2.55 bits per heavy atom. The molecule has 4 rings (SSSR count). The monoisotopic (exact) mass is 475 g/mol. The van der Waals surface area contributed by atoms with Crippen molar-refractivity contribution in [1.82, 2.24) is 19.8 Å². The molecule has 0 saturated carbocycles. The van der Waals surface area contributed by atoms with E-state index in [-0.39, 0.29) is 23.0 Å². The van der Waals surface area contributed by atoms with Crippen molar-refractivity contribution in [3.8, 4) is 0 Å². The van der Waals surface area contributed by atoms with Gasteiger partial charge in [0.05, 0.1) is 17.7 Å². The van der Waals surface area contributed by atoms with Crippen LogP contribution in [0.4, 0.5) is 15.3 Å². The number of sulfonamides is 1. The van der Waals surface area contributed by atoms with Gasteiger partial charge in [0.15, 0.2) is 0 Å². The van der Waals surface area contributed by atoms with Crippen molar-refractivity contribution in [3.05, 3.63) is 47.9 Å². The van der Waals surface area contributed by atoms with E-state index in [1.165, 1.54) is 18.4 Å². The molecule has 0 spiro atoms. The highest BCUT2D eigenvalue weighted by molar-refractivity contribution is 7.89. The summed E-state index contributed by atoms with van der Waals surface area (Å²) in [6.45, 7) is 1.95. The molecule has 1 saturated heterocycles. The Balaban J connectivity index is 1.29. The van der Waals surface area contributed by atoms with Crippen molar-refractivity contribution in [2.75, 3.05) is 38.6 Å². The Morgan fingerprint density at radius 2 is 1.88 bits per heavy atom. The summed E-state index contributed by atoms with van der Waals surface area (Å²) < 4.78 is 31.2. The maximum Gasteiger partial charge on any atom is 0.322 e. The number of furan rings is 1. The Hall–Kier alpha value is -3.05. The van der Waals surface area contributed by atoms with E-state index < -0.39 is 10.0 Å². The van der Waals surface area contributed by atoms with Crippen LogP contribution in [0.1, 0.15) is 24.2 Å². The summed E-state index contributed by atoms with van der Waals surface area (Å²) in [5.74, 6) is 0.697. The molecule has 0 unspecified atom stereocenters. The number of nitrogens with zero attached hydrogens (tertiary/aromatic N) is 3. The molecule has 178 valence electrons. The lowest BCUT2D eigenvalue weighted by Gasteiger charge is -2.33. The van der Waals surface area contributed by atoms with Gasteiger partial charge in [-0.3, -0.25) is 4.90 Å². The van der Waals surface area contributed by atoms with E-state index >= 15 is 0 Å². The molecule has 2 N–H and O–H groups in total. The maximum atomic E-state index is 12.9. The number of hydrogen-bond donors (Lipinski definition) is 2. The van der Waals surface area contributed by atoms with Crippen molar-refractivity contribution in [1.29, 1.82) is 0 Å². The van der Waals surface area contributed by atoms with Crippen LogP contribution in [0, 0.1) is 0 Å². The van der Waals surface area contributed by atoms with Gasteiger partial charge in [-0.25, -0.2) is 22.3 Å². The van der Waals surface area contributed by atoms with E-state index in [1.54, 1.807) is 46.4 Å². The maximum absolute atomic E-state index is 12.9. The molecule has 33 heavy (non-hydrogen) atoms. The highest BCUT2D eigenvalue weighted by Crippen LogP contribution is 2.31. The Morgan fingerprint density at radius 1 is 1.12 bits per heavy atom. The van der Waals surface area contributed by atoms with Gasteiger partial charge in [0.1, 0.15) is 5.76 Å². The SMILES string of the molecule is CN(C)S(=O)(=O)c1ccc2c(c1)CCN2C(=O)NC1CCN(C(=O)NCc2ccco2)CC1. The van der Waals surface area contributed by atoms with Gasteiger partial charge in [-0.15, -0.1) is 0 Å². The molecule has 1 fully saturated rings. The third kappa shape index (κ3) is 4.98. The molecule has 0 bridgehead atoms. The molecule has 4 amide bonds. The van der Waals surface area contributed by atoms with Crippen molar-refractivity contribution in [2.24, 2.45) is 0 Å². The smallest absolute Gasteiger partial charge is 0.322 e. The zero-order valence-electron chi connectivity index (χ0n) is 18.8. The number of carbonyl (C=O) groups excluding carboxylic acids is 2. The molecular weight excluding hydrogens is 446 g/mol. The van der Waals surface area contributed by atoms with Crippen LogP contribution in [0.15, 0.2) is 45.9 Å². The number of rotatable bonds is 5. The van der Waals surface area contributed by atoms with Crippen molar-refractivity contribution in [2.45, 2.75) is 36.7 Å². The molecule has 0 radical (unpaired) electrons. The molecule has 0 aliphatic carbocycles. The number of nitrogens with one attached hydrogen (secondary N) is 2. The van der Waals surface area contributed by atoms with Crippen LogP contribution in [-0.4, -0.2) is 69.5 Å². The second-order valence-electron chi connectivity index (χ2n) is 8.43. The van der Waals surface area contributed by atoms with Gasteiger partial charge in [0.2, 0.25) is 10.0 Å². The third-order valence-electron chi connectivity index (χ3n) is 6.07. The number of hydrogen-bond acceptors (Lipinski definition) is 5. The van der Waals surface area contributed by atoms with Crippen LogP contribution >= 0.6 is 0 Å². The minimum atomic E-state index is -3.52. The quantitative estimate of drug-likeness (QED) is 0.686. The summed E-state index contributed by atoms with van der Waals surface area (Å²) >= 11 is 0. The van der Waals surface area contributed by atoms with Crippen molar-refractivity contribution < 1.29 is 22.4 Å². The van der Waals surface area contributed by atoms with Gasteiger partial charge in [0.25, 0.3) is 0 Å². The lowest BCUT2D eigenvalue weighted by atomic mass is 10.1. The highest BCUT2D eigenvalue weighted by atomic mass is 32.2. The first kappa shape index (κ1) is 23.1. The fourth-order valence-electron chi connectivity index (χ4n) is 4.13. The number of benzene rings is 1. The first-order chi connectivity index (χ1) is 15.8. The average Bonchev–Trinajstić information content (AvgIpc) is 3.47.